The molecule has 1 aliphatic heterocycles. The Kier molecular flexibility index (Phi) is 3.61. The highest BCUT2D eigenvalue weighted by Gasteiger charge is 2.37. The summed E-state index contributed by atoms with van der Waals surface area (Å²) in [6.45, 7) is 4.20. The molecule has 1 atom stereocenters. The number of amides is 2. The van der Waals surface area contributed by atoms with E-state index in [0.29, 0.717) is 13.0 Å². The van der Waals surface area contributed by atoms with Crippen LogP contribution in [0.2, 0.25) is 0 Å². The van der Waals surface area contributed by atoms with Crippen molar-refractivity contribution in [3.63, 3.8) is 0 Å². The topological polar surface area (TPSA) is 63.4 Å². The van der Waals surface area contributed by atoms with Crippen LogP contribution in [0.1, 0.15) is 18.9 Å². The summed E-state index contributed by atoms with van der Waals surface area (Å²) in [6.07, 6.45) is 0.292. The molecule has 1 heterocycles. The van der Waals surface area contributed by atoms with Crippen LogP contribution in [-0.4, -0.2) is 28.5 Å². The van der Waals surface area contributed by atoms with Gasteiger partial charge in [0.1, 0.15) is 0 Å². The molecule has 1 saturated heterocycles. The van der Waals surface area contributed by atoms with Gasteiger partial charge in [0, 0.05) is 23.5 Å². The normalized spacial score (nSPS) is 19.7. The molecular formula is C13H16N2O2S. The second-order valence-corrected chi connectivity index (χ2v) is 5.58. The van der Waals surface area contributed by atoms with Gasteiger partial charge in [-0.2, -0.15) is 0 Å². The van der Waals surface area contributed by atoms with Crippen molar-refractivity contribution in [1.29, 1.82) is 0 Å². The predicted octanol–water partition coefficient (Wildman–Crippen LogP) is 1.82. The van der Waals surface area contributed by atoms with Gasteiger partial charge in [0.2, 0.25) is 11.8 Å². The first-order valence-corrected chi connectivity index (χ1v) is 6.78. The molecule has 0 bridgehead atoms. The number of nitrogen functional groups attached to an aromatic ring is 1. The number of likely N-dealkylation sites (tertiary alicyclic amines) is 1. The van der Waals surface area contributed by atoms with E-state index in [1.807, 2.05) is 32.0 Å². The Labute approximate surface area is 111 Å². The average Bonchev–Trinajstić information content (AvgIpc) is 2.59. The Balaban J connectivity index is 2.13. The third kappa shape index (κ3) is 2.36. The number of hydrogen-bond donors (Lipinski definition) is 1. The van der Waals surface area contributed by atoms with Crippen molar-refractivity contribution in [3.8, 4) is 0 Å². The fourth-order valence-electron chi connectivity index (χ4n) is 1.96. The molecule has 18 heavy (non-hydrogen) atoms. The first-order valence-electron chi connectivity index (χ1n) is 5.90. The molecule has 0 aliphatic carbocycles. The Morgan fingerprint density at radius 1 is 1.44 bits per heavy atom. The van der Waals surface area contributed by atoms with Crippen LogP contribution in [0.3, 0.4) is 0 Å². The molecule has 2 amide bonds. The molecule has 0 radical (unpaired) electrons. The van der Waals surface area contributed by atoms with Gasteiger partial charge in [0.05, 0.1) is 5.25 Å². The van der Waals surface area contributed by atoms with Crippen LogP contribution in [-0.2, 0) is 9.59 Å². The predicted molar refractivity (Wildman–Crippen MR) is 72.2 cm³/mol. The van der Waals surface area contributed by atoms with Crippen LogP contribution in [0.5, 0.6) is 0 Å². The lowest BCUT2D eigenvalue weighted by atomic mass is 10.2. The second kappa shape index (κ2) is 5.02. The van der Waals surface area contributed by atoms with Crippen molar-refractivity contribution in [2.75, 3.05) is 12.3 Å². The lowest BCUT2D eigenvalue weighted by molar-refractivity contribution is -0.137. The highest BCUT2D eigenvalue weighted by molar-refractivity contribution is 8.00. The SMILES string of the molecule is CCN1C(=O)CC(Sc2ccc(N)c(C)c2)C1=O. The van der Waals surface area contributed by atoms with E-state index < -0.39 is 0 Å². The van der Waals surface area contributed by atoms with Crippen molar-refractivity contribution >= 4 is 29.3 Å². The molecule has 1 aromatic rings. The molecule has 5 heteroatoms. The Hall–Kier alpha value is -1.49. The Morgan fingerprint density at radius 3 is 2.72 bits per heavy atom. The number of rotatable bonds is 3. The molecule has 1 fully saturated rings. The van der Waals surface area contributed by atoms with Crippen LogP contribution in [0.15, 0.2) is 23.1 Å². The highest BCUT2D eigenvalue weighted by Crippen LogP contribution is 2.32. The van der Waals surface area contributed by atoms with Crippen LogP contribution >= 0.6 is 11.8 Å². The summed E-state index contributed by atoms with van der Waals surface area (Å²) in [7, 11) is 0. The van der Waals surface area contributed by atoms with E-state index in [0.717, 1.165) is 16.1 Å². The minimum atomic E-state index is -0.291. The summed E-state index contributed by atoms with van der Waals surface area (Å²) >= 11 is 1.44. The summed E-state index contributed by atoms with van der Waals surface area (Å²) in [6, 6.07) is 5.67. The zero-order valence-corrected chi connectivity index (χ0v) is 11.3. The van der Waals surface area contributed by atoms with Gasteiger partial charge in [-0.1, -0.05) is 0 Å². The molecule has 4 nitrogen and oxygen atoms in total. The van der Waals surface area contributed by atoms with Crippen molar-refractivity contribution in [2.45, 2.75) is 30.4 Å². The number of hydrogen-bond acceptors (Lipinski definition) is 4. The van der Waals surface area contributed by atoms with Gasteiger partial charge in [0.15, 0.2) is 0 Å². The van der Waals surface area contributed by atoms with Crippen molar-refractivity contribution in [2.24, 2.45) is 0 Å². The van der Waals surface area contributed by atoms with E-state index in [-0.39, 0.29) is 17.1 Å². The largest absolute Gasteiger partial charge is 0.399 e. The zero-order chi connectivity index (χ0) is 13.3. The third-order valence-electron chi connectivity index (χ3n) is 3.04. The Morgan fingerprint density at radius 2 is 2.17 bits per heavy atom. The summed E-state index contributed by atoms with van der Waals surface area (Å²) in [4.78, 5) is 25.9. The van der Waals surface area contributed by atoms with E-state index in [4.69, 9.17) is 5.73 Å². The molecule has 1 aromatic carbocycles. The number of thioether (sulfide) groups is 1. The lowest BCUT2D eigenvalue weighted by Crippen LogP contribution is -2.30. The fourth-order valence-corrected chi connectivity index (χ4v) is 3.14. The van der Waals surface area contributed by atoms with Gasteiger partial charge in [-0.3, -0.25) is 14.5 Å². The molecule has 0 saturated carbocycles. The summed E-state index contributed by atoms with van der Waals surface area (Å²) in [5, 5.41) is -0.291. The molecule has 2 rings (SSSR count). The van der Waals surface area contributed by atoms with E-state index in [1.165, 1.54) is 16.7 Å². The number of nitrogens with zero attached hydrogens (tertiary/aromatic N) is 1. The molecule has 1 unspecified atom stereocenters. The fraction of sp³-hybridized carbons (Fsp3) is 0.385. The molecule has 0 aromatic heterocycles. The number of anilines is 1. The van der Waals surface area contributed by atoms with Gasteiger partial charge in [-0.15, -0.1) is 11.8 Å². The van der Waals surface area contributed by atoms with Crippen molar-refractivity contribution in [1.82, 2.24) is 4.90 Å². The maximum Gasteiger partial charge on any atom is 0.243 e. The number of aryl methyl sites for hydroxylation is 1. The van der Waals surface area contributed by atoms with Gasteiger partial charge < -0.3 is 5.73 Å². The van der Waals surface area contributed by atoms with Crippen LogP contribution in [0, 0.1) is 6.92 Å². The van der Waals surface area contributed by atoms with Crippen LogP contribution in [0.25, 0.3) is 0 Å². The number of imide groups is 1. The maximum atomic E-state index is 12.0. The van der Waals surface area contributed by atoms with Gasteiger partial charge in [-0.25, -0.2) is 0 Å². The second-order valence-electron chi connectivity index (χ2n) is 4.31. The van der Waals surface area contributed by atoms with Crippen LogP contribution in [0.4, 0.5) is 5.69 Å². The molecular weight excluding hydrogens is 248 g/mol. The molecule has 1 aliphatic rings. The van der Waals surface area contributed by atoms with Gasteiger partial charge >= 0.3 is 0 Å². The van der Waals surface area contributed by atoms with Gasteiger partial charge in [-0.05, 0) is 37.6 Å². The molecule has 2 N–H and O–H groups in total. The minimum absolute atomic E-state index is 0.0767. The summed E-state index contributed by atoms with van der Waals surface area (Å²) < 4.78 is 0. The first kappa shape index (κ1) is 13.0. The number of nitrogens with two attached hydrogens (primary N) is 1. The van der Waals surface area contributed by atoms with Crippen molar-refractivity contribution < 1.29 is 9.59 Å². The molecule has 96 valence electrons. The smallest absolute Gasteiger partial charge is 0.243 e. The minimum Gasteiger partial charge on any atom is -0.399 e. The van der Waals surface area contributed by atoms with Gasteiger partial charge in [0.25, 0.3) is 0 Å². The molecule has 0 spiro atoms. The van der Waals surface area contributed by atoms with E-state index in [9.17, 15) is 9.59 Å². The quantitative estimate of drug-likeness (QED) is 0.668. The van der Waals surface area contributed by atoms with Crippen molar-refractivity contribution in [3.05, 3.63) is 23.8 Å². The van der Waals surface area contributed by atoms with Crippen LogP contribution < -0.4 is 5.73 Å². The van der Waals surface area contributed by atoms with E-state index in [1.54, 1.807) is 0 Å². The average molecular weight is 264 g/mol. The highest BCUT2D eigenvalue weighted by atomic mass is 32.2. The number of benzene rings is 1. The third-order valence-corrected chi connectivity index (χ3v) is 4.22. The Bertz CT molecular complexity index is 502. The standard InChI is InChI=1S/C13H16N2O2S/c1-3-15-12(16)7-11(13(15)17)18-9-4-5-10(14)8(2)6-9/h4-6,11H,3,7,14H2,1-2H3. The first-order chi connectivity index (χ1) is 8.52. The van der Waals surface area contributed by atoms with E-state index in [2.05, 4.69) is 0 Å². The number of carbonyl (C=O) groups is 2. The lowest BCUT2D eigenvalue weighted by Gasteiger charge is -2.12. The zero-order valence-electron chi connectivity index (χ0n) is 10.5. The monoisotopic (exact) mass is 264 g/mol. The maximum absolute atomic E-state index is 12.0. The van der Waals surface area contributed by atoms with E-state index >= 15 is 0 Å². The number of carbonyl (C=O) groups excluding carboxylic acids is 2. The summed E-state index contributed by atoms with van der Waals surface area (Å²) in [5.41, 5.74) is 7.48. The summed E-state index contributed by atoms with van der Waals surface area (Å²) in [5.74, 6) is -0.158.